The van der Waals surface area contributed by atoms with Crippen molar-refractivity contribution in [1.29, 1.82) is 0 Å². The lowest BCUT2D eigenvalue weighted by molar-refractivity contribution is -0.137. The van der Waals surface area contributed by atoms with Crippen molar-refractivity contribution in [2.45, 2.75) is 26.9 Å². The molecule has 0 radical (unpaired) electrons. The number of aliphatic carboxylic acids is 1. The van der Waals surface area contributed by atoms with E-state index in [2.05, 4.69) is 15.6 Å². The number of nitrogens with one attached hydrogen (secondary N) is 2. The van der Waals surface area contributed by atoms with E-state index in [1.165, 1.54) is 12.3 Å². The molecule has 3 aromatic rings. The maximum absolute atomic E-state index is 12.9. The summed E-state index contributed by atoms with van der Waals surface area (Å²) in [5, 5.41) is 16.0. The molecule has 10 heteroatoms. The number of carbonyl (C=O) groups is 2. The Hall–Kier alpha value is -3.59. The Labute approximate surface area is 189 Å². The normalized spacial score (nSPS) is 12.0. The Morgan fingerprint density at radius 2 is 2.00 bits per heavy atom. The lowest BCUT2D eigenvalue weighted by atomic mass is 10.1. The summed E-state index contributed by atoms with van der Waals surface area (Å²) in [6, 6.07) is 8.30. The SMILES string of the molecule is CC.O=C(O)Cn1c(=O)c(C(=O)NCc2ccc(Cl)cc2)cc2c3c(cnc21)NCCO3. The minimum atomic E-state index is -1.23. The van der Waals surface area contributed by atoms with Gasteiger partial charge in [-0.05, 0) is 23.8 Å². The molecule has 32 heavy (non-hydrogen) atoms. The molecule has 0 atom stereocenters. The zero-order chi connectivity index (χ0) is 23.3. The number of carbonyl (C=O) groups excluding carboxylic acids is 1. The predicted molar refractivity (Wildman–Crippen MR) is 122 cm³/mol. The Balaban J connectivity index is 0.00000141. The van der Waals surface area contributed by atoms with Crippen LogP contribution in [0.25, 0.3) is 11.0 Å². The second-order valence-corrected chi connectivity index (χ2v) is 7.10. The van der Waals surface area contributed by atoms with Gasteiger partial charge in [-0.25, -0.2) is 4.98 Å². The molecule has 0 spiro atoms. The molecular formula is C22H23ClN4O5. The summed E-state index contributed by atoms with van der Waals surface area (Å²) >= 11 is 5.86. The molecule has 3 N–H and O–H groups in total. The second kappa shape index (κ2) is 10.1. The van der Waals surface area contributed by atoms with Crippen molar-refractivity contribution < 1.29 is 19.4 Å². The maximum Gasteiger partial charge on any atom is 0.323 e. The van der Waals surface area contributed by atoms with Gasteiger partial charge in [0.15, 0.2) is 5.75 Å². The lowest BCUT2D eigenvalue weighted by Crippen LogP contribution is -2.34. The van der Waals surface area contributed by atoms with Crippen LogP contribution >= 0.6 is 11.6 Å². The number of ether oxygens (including phenoxy) is 1. The van der Waals surface area contributed by atoms with E-state index in [0.29, 0.717) is 35.0 Å². The Kier molecular flexibility index (Phi) is 7.32. The number of hydrogen-bond acceptors (Lipinski definition) is 6. The molecule has 2 aromatic heterocycles. The largest absolute Gasteiger partial charge is 0.489 e. The smallest absolute Gasteiger partial charge is 0.323 e. The number of benzene rings is 1. The van der Waals surface area contributed by atoms with Crippen LogP contribution in [0.4, 0.5) is 5.69 Å². The van der Waals surface area contributed by atoms with E-state index < -0.39 is 24.0 Å². The zero-order valence-electron chi connectivity index (χ0n) is 17.6. The van der Waals surface area contributed by atoms with Crippen molar-refractivity contribution in [2.24, 2.45) is 0 Å². The third-order valence-electron chi connectivity index (χ3n) is 4.63. The summed E-state index contributed by atoms with van der Waals surface area (Å²) in [6.45, 7) is 4.52. The fourth-order valence-electron chi connectivity index (χ4n) is 3.24. The van der Waals surface area contributed by atoms with Crippen molar-refractivity contribution in [3.63, 3.8) is 0 Å². The van der Waals surface area contributed by atoms with Crippen molar-refractivity contribution in [3.8, 4) is 5.75 Å². The highest BCUT2D eigenvalue weighted by molar-refractivity contribution is 6.30. The molecule has 0 bridgehead atoms. The molecule has 3 heterocycles. The third-order valence-corrected chi connectivity index (χ3v) is 4.89. The number of carboxylic acids is 1. The van der Waals surface area contributed by atoms with Crippen LogP contribution in [0.2, 0.25) is 5.02 Å². The van der Waals surface area contributed by atoms with Gasteiger partial charge in [0.05, 0.1) is 17.3 Å². The molecule has 0 unspecified atom stereocenters. The molecule has 1 aliphatic rings. The van der Waals surface area contributed by atoms with E-state index in [4.69, 9.17) is 16.3 Å². The van der Waals surface area contributed by atoms with Crippen LogP contribution in [0.15, 0.2) is 41.3 Å². The first-order valence-corrected chi connectivity index (χ1v) is 10.5. The summed E-state index contributed by atoms with van der Waals surface area (Å²) < 4.78 is 6.67. The molecule has 1 amide bonds. The highest BCUT2D eigenvalue weighted by atomic mass is 35.5. The fraction of sp³-hybridized carbons (Fsp3) is 0.273. The average Bonchev–Trinajstić information content (AvgIpc) is 2.81. The molecule has 0 fully saturated rings. The first-order valence-electron chi connectivity index (χ1n) is 10.1. The number of anilines is 1. The van der Waals surface area contributed by atoms with Gasteiger partial charge in [0, 0.05) is 18.1 Å². The molecule has 1 aliphatic heterocycles. The van der Waals surface area contributed by atoms with E-state index >= 15 is 0 Å². The summed E-state index contributed by atoms with van der Waals surface area (Å²) in [5.41, 5.74) is 0.615. The Morgan fingerprint density at radius 3 is 2.69 bits per heavy atom. The first kappa shape index (κ1) is 23.1. The summed E-state index contributed by atoms with van der Waals surface area (Å²) in [5.74, 6) is -1.43. The highest BCUT2D eigenvalue weighted by Gasteiger charge is 2.22. The Bertz CT molecular complexity index is 1210. The number of carboxylic acid groups (broad SMARTS) is 1. The fourth-order valence-corrected chi connectivity index (χ4v) is 3.36. The zero-order valence-corrected chi connectivity index (χ0v) is 18.4. The Morgan fingerprint density at radius 1 is 1.28 bits per heavy atom. The van der Waals surface area contributed by atoms with Crippen LogP contribution in [0.3, 0.4) is 0 Å². The van der Waals surface area contributed by atoms with E-state index in [1.54, 1.807) is 24.3 Å². The van der Waals surface area contributed by atoms with Gasteiger partial charge >= 0.3 is 5.97 Å². The molecule has 1 aromatic carbocycles. The number of nitrogens with zero attached hydrogens (tertiary/aromatic N) is 2. The van der Waals surface area contributed by atoms with E-state index in [-0.39, 0.29) is 17.8 Å². The average molecular weight is 459 g/mol. The van der Waals surface area contributed by atoms with Crippen LogP contribution in [0.1, 0.15) is 29.8 Å². The van der Waals surface area contributed by atoms with Gasteiger partial charge < -0.3 is 20.5 Å². The monoisotopic (exact) mass is 458 g/mol. The number of hydrogen-bond donors (Lipinski definition) is 3. The van der Waals surface area contributed by atoms with Crippen LogP contribution < -0.4 is 20.9 Å². The standard InChI is InChI=1S/C20H17ClN4O5.C2H6/c21-12-3-1-11(2-4-12)8-24-19(28)14-7-13-17-15(22-5-6-30-17)9-23-18(13)25(20(14)29)10-16(26)27;1-2/h1-4,7,9,22H,5-6,8,10H2,(H,24,28)(H,26,27);1-2H3. The molecule has 4 rings (SSSR count). The van der Waals surface area contributed by atoms with E-state index in [1.807, 2.05) is 13.8 Å². The van der Waals surface area contributed by atoms with E-state index in [0.717, 1.165) is 10.1 Å². The number of amides is 1. The van der Waals surface area contributed by atoms with Gasteiger partial charge in [-0.15, -0.1) is 0 Å². The quantitative estimate of drug-likeness (QED) is 0.537. The van der Waals surface area contributed by atoms with Crippen molar-refractivity contribution in [3.05, 3.63) is 63.0 Å². The first-order chi connectivity index (χ1) is 15.4. The van der Waals surface area contributed by atoms with Gasteiger partial charge in [-0.2, -0.15) is 0 Å². The van der Waals surface area contributed by atoms with Crippen molar-refractivity contribution >= 4 is 40.2 Å². The number of pyridine rings is 2. The van der Waals surface area contributed by atoms with Crippen molar-refractivity contribution in [1.82, 2.24) is 14.9 Å². The van der Waals surface area contributed by atoms with Gasteiger partial charge in [0.1, 0.15) is 24.4 Å². The van der Waals surface area contributed by atoms with Crippen LogP contribution in [0, 0.1) is 0 Å². The van der Waals surface area contributed by atoms with Gasteiger partial charge in [0.2, 0.25) is 0 Å². The van der Waals surface area contributed by atoms with Crippen LogP contribution in [-0.4, -0.2) is 39.7 Å². The number of aromatic nitrogens is 2. The minimum absolute atomic E-state index is 0.138. The molecule has 0 saturated carbocycles. The third kappa shape index (κ3) is 4.83. The number of fused-ring (bicyclic) bond motifs is 3. The topological polar surface area (TPSA) is 123 Å². The molecule has 0 saturated heterocycles. The summed E-state index contributed by atoms with van der Waals surface area (Å²) in [7, 11) is 0. The molecular weight excluding hydrogens is 436 g/mol. The summed E-state index contributed by atoms with van der Waals surface area (Å²) in [4.78, 5) is 41.2. The highest BCUT2D eigenvalue weighted by Crippen LogP contribution is 2.34. The predicted octanol–water partition coefficient (Wildman–Crippen LogP) is 2.90. The van der Waals surface area contributed by atoms with Gasteiger partial charge in [0.25, 0.3) is 11.5 Å². The maximum atomic E-state index is 12.9. The van der Waals surface area contributed by atoms with Crippen molar-refractivity contribution in [2.75, 3.05) is 18.5 Å². The van der Waals surface area contributed by atoms with Gasteiger partial charge in [-0.1, -0.05) is 37.6 Å². The van der Waals surface area contributed by atoms with Gasteiger partial charge in [-0.3, -0.25) is 19.0 Å². The minimum Gasteiger partial charge on any atom is -0.489 e. The molecule has 9 nitrogen and oxygen atoms in total. The summed E-state index contributed by atoms with van der Waals surface area (Å²) in [6.07, 6.45) is 1.48. The van der Waals surface area contributed by atoms with Crippen LogP contribution in [0.5, 0.6) is 5.75 Å². The number of rotatable bonds is 5. The lowest BCUT2D eigenvalue weighted by Gasteiger charge is -2.21. The van der Waals surface area contributed by atoms with Crippen LogP contribution in [-0.2, 0) is 17.9 Å². The number of halogens is 1. The molecule has 0 aliphatic carbocycles. The molecule has 168 valence electrons. The second-order valence-electron chi connectivity index (χ2n) is 6.67. The van der Waals surface area contributed by atoms with E-state index in [9.17, 15) is 19.5 Å².